The molecule has 0 N–H and O–H groups in total. The van der Waals surface area contributed by atoms with Crippen LogP contribution >= 0.6 is 0 Å². The molecule has 2 aliphatic rings. The zero-order valence-corrected chi connectivity index (χ0v) is 11.6. The molecule has 2 nitrogen and oxygen atoms in total. The molecule has 2 unspecified atom stereocenters. The minimum atomic E-state index is -1.13. The molecule has 0 amide bonds. The maximum Gasteiger partial charge on any atom is 0.161 e. The number of benzene rings is 1. The summed E-state index contributed by atoms with van der Waals surface area (Å²) in [6, 6.07) is 2.13. The second-order valence-electron chi connectivity index (χ2n) is 5.86. The summed E-state index contributed by atoms with van der Waals surface area (Å²) in [6.07, 6.45) is 3.49. The molecule has 2 saturated heterocycles. The molecule has 110 valence electrons. The number of piperazine rings is 1. The number of halogens is 3. The van der Waals surface area contributed by atoms with Crippen molar-refractivity contribution in [2.45, 2.75) is 38.3 Å². The standard InChI is InChI=1S/C15H19F3N2/c1-10-8-19-5-3-2-4-11(19)9-20(10)15-7-13(17)12(16)6-14(15)18/h6-7,10-11H,2-5,8-9H2,1H3. The molecule has 0 bridgehead atoms. The minimum Gasteiger partial charge on any atom is -0.364 e. The molecule has 2 heterocycles. The molecular weight excluding hydrogens is 265 g/mol. The van der Waals surface area contributed by atoms with Crippen LogP contribution in [0.3, 0.4) is 0 Å². The van der Waals surface area contributed by atoms with Crippen LogP contribution in [0.25, 0.3) is 0 Å². The van der Waals surface area contributed by atoms with E-state index in [4.69, 9.17) is 0 Å². The van der Waals surface area contributed by atoms with Gasteiger partial charge in [-0.25, -0.2) is 13.2 Å². The summed E-state index contributed by atoms with van der Waals surface area (Å²) in [5, 5.41) is 0. The summed E-state index contributed by atoms with van der Waals surface area (Å²) in [4.78, 5) is 4.31. The Hall–Kier alpha value is -1.23. The summed E-state index contributed by atoms with van der Waals surface area (Å²) in [7, 11) is 0. The Kier molecular flexibility index (Phi) is 3.63. The quantitative estimate of drug-likeness (QED) is 0.731. The maximum absolute atomic E-state index is 14.0. The molecule has 0 aromatic heterocycles. The van der Waals surface area contributed by atoms with Gasteiger partial charge in [-0.05, 0) is 26.3 Å². The van der Waals surface area contributed by atoms with E-state index in [-0.39, 0.29) is 11.7 Å². The highest BCUT2D eigenvalue weighted by molar-refractivity contribution is 5.50. The Labute approximate surface area is 117 Å². The number of hydrogen-bond acceptors (Lipinski definition) is 2. The Balaban J connectivity index is 1.88. The van der Waals surface area contributed by atoms with Crippen LogP contribution in [-0.2, 0) is 0 Å². The van der Waals surface area contributed by atoms with Gasteiger partial charge >= 0.3 is 0 Å². The molecule has 2 fully saturated rings. The van der Waals surface area contributed by atoms with Crippen LogP contribution in [0.2, 0.25) is 0 Å². The predicted molar refractivity (Wildman–Crippen MR) is 72.3 cm³/mol. The van der Waals surface area contributed by atoms with E-state index in [2.05, 4.69) is 4.90 Å². The van der Waals surface area contributed by atoms with Crippen molar-refractivity contribution in [3.63, 3.8) is 0 Å². The lowest BCUT2D eigenvalue weighted by atomic mass is 9.96. The summed E-state index contributed by atoms with van der Waals surface area (Å²) >= 11 is 0. The fraction of sp³-hybridized carbons (Fsp3) is 0.600. The lowest BCUT2D eigenvalue weighted by Gasteiger charge is -2.48. The highest BCUT2D eigenvalue weighted by Gasteiger charge is 2.34. The predicted octanol–water partition coefficient (Wildman–Crippen LogP) is 3.17. The average molecular weight is 284 g/mol. The van der Waals surface area contributed by atoms with Crippen molar-refractivity contribution < 1.29 is 13.2 Å². The second-order valence-corrected chi connectivity index (χ2v) is 5.86. The van der Waals surface area contributed by atoms with Crippen LogP contribution in [0, 0.1) is 17.5 Å². The fourth-order valence-corrected chi connectivity index (χ4v) is 3.42. The summed E-state index contributed by atoms with van der Waals surface area (Å²) < 4.78 is 40.4. The van der Waals surface area contributed by atoms with Gasteiger partial charge in [-0.1, -0.05) is 6.42 Å². The summed E-state index contributed by atoms with van der Waals surface area (Å²) in [5.74, 6) is -2.80. The van der Waals surface area contributed by atoms with Crippen molar-refractivity contribution in [3.05, 3.63) is 29.6 Å². The van der Waals surface area contributed by atoms with Crippen LogP contribution in [0.1, 0.15) is 26.2 Å². The van der Waals surface area contributed by atoms with Crippen LogP contribution in [0.15, 0.2) is 12.1 Å². The second kappa shape index (κ2) is 5.28. The van der Waals surface area contributed by atoms with Crippen molar-refractivity contribution in [2.75, 3.05) is 24.5 Å². The van der Waals surface area contributed by atoms with E-state index in [9.17, 15) is 13.2 Å². The zero-order valence-electron chi connectivity index (χ0n) is 11.6. The van der Waals surface area contributed by atoms with Crippen LogP contribution in [0.4, 0.5) is 18.9 Å². The molecule has 1 aromatic carbocycles. The van der Waals surface area contributed by atoms with Gasteiger partial charge in [0.05, 0.1) is 5.69 Å². The first-order valence-corrected chi connectivity index (χ1v) is 7.21. The summed E-state index contributed by atoms with van der Waals surface area (Å²) in [5.41, 5.74) is 0.182. The molecule has 2 atom stereocenters. The van der Waals surface area contributed by atoms with Gasteiger partial charge in [-0.2, -0.15) is 0 Å². The van der Waals surface area contributed by atoms with Gasteiger partial charge < -0.3 is 4.90 Å². The Morgan fingerprint density at radius 1 is 1.00 bits per heavy atom. The van der Waals surface area contributed by atoms with Crippen LogP contribution in [-0.4, -0.2) is 36.6 Å². The molecule has 0 spiro atoms. The van der Waals surface area contributed by atoms with Gasteiger partial charge in [-0.3, -0.25) is 4.90 Å². The molecular formula is C15H19F3N2. The first-order chi connectivity index (χ1) is 9.56. The lowest BCUT2D eigenvalue weighted by molar-refractivity contribution is 0.115. The number of rotatable bonds is 1. The van der Waals surface area contributed by atoms with Crippen molar-refractivity contribution in [2.24, 2.45) is 0 Å². The minimum absolute atomic E-state index is 0.101. The Morgan fingerprint density at radius 3 is 2.55 bits per heavy atom. The van der Waals surface area contributed by atoms with Crippen molar-refractivity contribution in [1.29, 1.82) is 0 Å². The van der Waals surface area contributed by atoms with Gasteiger partial charge in [0, 0.05) is 37.3 Å². The number of fused-ring (bicyclic) bond motifs is 1. The first kappa shape index (κ1) is 13.7. The van der Waals surface area contributed by atoms with Crippen molar-refractivity contribution in [1.82, 2.24) is 4.90 Å². The topological polar surface area (TPSA) is 6.48 Å². The highest BCUT2D eigenvalue weighted by Crippen LogP contribution is 2.30. The molecule has 20 heavy (non-hydrogen) atoms. The third kappa shape index (κ3) is 2.39. The maximum atomic E-state index is 14.0. The lowest BCUT2D eigenvalue weighted by Crippen LogP contribution is -2.59. The van der Waals surface area contributed by atoms with Gasteiger partial charge in [0.25, 0.3) is 0 Å². The molecule has 1 aromatic rings. The number of nitrogens with zero attached hydrogens (tertiary/aromatic N) is 2. The molecule has 2 aliphatic heterocycles. The largest absolute Gasteiger partial charge is 0.364 e. The van der Waals surface area contributed by atoms with Crippen molar-refractivity contribution in [3.8, 4) is 0 Å². The van der Waals surface area contributed by atoms with Gasteiger partial charge in [0.1, 0.15) is 5.82 Å². The van der Waals surface area contributed by atoms with E-state index in [0.717, 1.165) is 25.6 Å². The fourth-order valence-electron chi connectivity index (χ4n) is 3.42. The number of anilines is 1. The first-order valence-electron chi connectivity index (χ1n) is 7.21. The molecule has 0 saturated carbocycles. The van der Waals surface area contributed by atoms with E-state index in [1.165, 1.54) is 12.8 Å². The van der Waals surface area contributed by atoms with Gasteiger partial charge in [-0.15, -0.1) is 0 Å². The average Bonchev–Trinajstić information content (AvgIpc) is 2.42. The van der Waals surface area contributed by atoms with Gasteiger partial charge in [0.2, 0.25) is 0 Å². The van der Waals surface area contributed by atoms with E-state index >= 15 is 0 Å². The number of piperidine rings is 1. The monoisotopic (exact) mass is 284 g/mol. The third-order valence-corrected chi connectivity index (χ3v) is 4.49. The van der Waals surface area contributed by atoms with Crippen molar-refractivity contribution >= 4 is 5.69 Å². The SMILES string of the molecule is CC1CN2CCCCC2CN1c1cc(F)c(F)cc1F. The Bertz CT molecular complexity index is 506. The zero-order chi connectivity index (χ0) is 14.3. The van der Waals surface area contributed by atoms with E-state index < -0.39 is 17.5 Å². The number of hydrogen-bond donors (Lipinski definition) is 0. The molecule has 5 heteroatoms. The normalized spacial score (nSPS) is 27.5. The third-order valence-electron chi connectivity index (χ3n) is 4.49. The smallest absolute Gasteiger partial charge is 0.161 e. The van der Waals surface area contributed by atoms with Gasteiger partial charge in [0.15, 0.2) is 11.6 Å². The molecule has 3 rings (SSSR count). The van der Waals surface area contributed by atoms with Crippen LogP contribution < -0.4 is 4.90 Å². The highest BCUT2D eigenvalue weighted by atomic mass is 19.2. The summed E-state index contributed by atoms with van der Waals surface area (Å²) in [6.45, 7) is 4.63. The molecule has 0 radical (unpaired) electrons. The van der Waals surface area contributed by atoms with E-state index in [1.807, 2.05) is 11.8 Å². The van der Waals surface area contributed by atoms with E-state index in [0.29, 0.717) is 18.7 Å². The Morgan fingerprint density at radius 2 is 1.75 bits per heavy atom. The van der Waals surface area contributed by atoms with E-state index in [1.54, 1.807) is 0 Å². The molecule has 0 aliphatic carbocycles. The van der Waals surface area contributed by atoms with Crippen LogP contribution in [0.5, 0.6) is 0 Å².